The number of nitrogen functional groups attached to an aromatic ring is 1. The smallest absolute Gasteiger partial charge is 0.223 e. The van der Waals surface area contributed by atoms with E-state index in [1.54, 1.807) is 0 Å². The third-order valence-electron chi connectivity index (χ3n) is 2.24. The van der Waals surface area contributed by atoms with Gasteiger partial charge in [0, 0.05) is 12.3 Å². The lowest BCUT2D eigenvalue weighted by Gasteiger charge is -2.09. The Hall–Kier alpha value is -1.23. The van der Waals surface area contributed by atoms with Crippen molar-refractivity contribution in [1.82, 2.24) is 19.9 Å². The molecule has 5 heteroatoms. The first-order chi connectivity index (χ1) is 7.49. The molecule has 0 fully saturated rings. The first-order valence-electron chi connectivity index (χ1n) is 5.64. The molecule has 0 aliphatic heterocycles. The molecule has 90 valence electrons. The number of aromatic nitrogens is 3. The Bertz CT molecular complexity index is 335. The lowest BCUT2D eigenvalue weighted by atomic mass is 10.2. The van der Waals surface area contributed by atoms with Gasteiger partial charge in [0.25, 0.3) is 0 Å². The van der Waals surface area contributed by atoms with Crippen LogP contribution in [0.15, 0.2) is 0 Å². The Morgan fingerprint density at radius 2 is 1.88 bits per heavy atom. The zero-order chi connectivity index (χ0) is 12.1. The van der Waals surface area contributed by atoms with Gasteiger partial charge in [0.05, 0.1) is 0 Å². The van der Waals surface area contributed by atoms with E-state index in [-0.39, 0.29) is 5.92 Å². The first-order valence-corrected chi connectivity index (χ1v) is 5.64. The Morgan fingerprint density at radius 1 is 1.19 bits per heavy atom. The lowest BCUT2D eigenvalue weighted by molar-refractivity contribution is 0.398. The normalized spacial score (nSPS) is 11.4. The van der Waals surface area contributed by atoms with E-state index < -0.39 is 0 Å². The third-order valence-corrected chi connectivity index (χ3v) is 2.24. The summed E-state index contributed by atoms with van der Waals surface area (Å²) in [6.45, 7) is 5.14. The number of rotatable bonds is 5. The van der Waals surface area contributed by atoms with Crippen molar-refractivity contribution in [2.75, 3.05) is 26.4 Å². The number of anilines is 1. The molecule has 0 aromatic carbocycles. The molecule has 1 aromatic rings. The second-order valence-electron chi connectivity index (χ2n) is 4.53. The van der Waals surface area contributed by atoms with Gasteiger partial charge >= 0.3 is 0 Å². The second kappa shape index (κ2) is 5.75. The second-order valence-corrected chi connectivity index (χ2v) is 4.53. The summed E-state index contributed by atoms with van der Waals surface area (Å²) in [6.07, 6.45) is 1.89. The molecular weight excluding hydrogens is 202 g/mol. The molecule has 1 aromatic heterocycles. The minimum absolute atomic E-state index is 0.290. The Kier molecular flexibility index (Phi) is 4.61. The summed E-state index contributed by atoms with van der Waals surface area (Å²) in [6, 6.07) is 0. The van der Waals surface area contributed by atoms with Crippen molar-refractivity contribution >= 4 is 5.95 Å². The van der Waals surface area contributed by atoms with Crippen LogP contribution in [0.25, 0.3) is 0 Å². The molecule has 0 radical (unpaired) electrons. The van der Waals surface area contributed by atoms with Crippen molar-refractivity contribution < 1.29 is 0 Å². The fraction of sp³-hybridized carbons (Fsp3) is 0.727. The molecule has 0 bridgehead atoms. The van der Waals surface area contributed by atoms with Gasteiger partial charge in [-0.3, -0.25) is 0 Å². The maximum absolute atomic E-state index is 5.66. The average molecular weight is 223 g/mol. The van der Waals surface area contributed by atoms with Crippen molar-refractivity contribution in [3.63, 3.8) is 0 Å². The quantitative estimate of drug-likeness (QED) is 0.808. The van der Waals surface area contributed by atoms with Gasteiger partial charge in [-0.2, -0.15) is 9.97 Å². The monoisotopic (exact) mass is 223 g/mol. The maximum Gasteiger partial charge on any atom is 0.223 e. The summed E-state index contributed by atoms with van der Waals surface area (Å²) >= 11 is 0. The van der Waals surface area contributed by atoms with Crippen LogP contribution in [0.2, 0.25) is 0 Å². The number of aryl methyl sites for hydroxylation is 1. The summed E-state index contributed by atoms with van der Waals surface area (Å²) in [5.41, 5.74) is 5.66. The molecule has 1 rings (SSSR count). The van der Waals surface area contributed by atoms with Crippen molar-refractivity contribution in [3.05, 3.63) is 11.6 Å². The van der Waals surface area contributed by atoms with E-state index in [0.717, 1.165) is 31.0 Å². The van der Waals surface area contributed by atoms with Crippen molar-refractivity contribution in [2.24, 2.45) is 0 Å². The Morgan fingerprint density at radius 3 is 2.44 bits per heavy atom. The summed E-state index contributed by atoms with van der Waals surface area (Å²) in [5.74, 6) is 2.21. The molecular formula is C11H21N5. The van der Waals surface area contributed by atoms with Gasteiger partial charge in [-0.25, -0.2) is 4.98 Å². The van der Waals surface area contributed by atoms with Crippen molar-refractivity contribution in [1.29, 1.82) is 0 Å². The summed E-state index contributed by atoms with van der Waals surface area (Å²) in [5, 5.41) is 0. The molecule has 0 unspecified atom stereocenters. The first kappa shape index (κ1) is 12.8. The highest BCUT2D eigenvalue weighted by Crippen LogP contribution is 2.10. The van der Waals surface area contributed by atoms with E-state index in [0.29, 0.717) is 5.95 Å². The molecule has 0 saturated carbocycles. The topological polar surface area (TPSA) is 67.9 Å². The predicted molar refractivity (Wildman–Crippen MR) is 65.2 cm³/mol. The van der Waals surface area contributed by atoms with Crippen LogP contribution < -0.4 is 5.73 Å². The summed E-state index contributed by atoms with van der Waals surface area (Å²) in [7, 11) is 4.11. The van der Waals surface area contributed by atoms with Crippen molar-refractivity contribution in [3.8, 4) is 0 Å². The van der Waals surface area contributed by atoms with Crippen LogP contribution >= 0.6 is 0 Å². The van der Waals surface area contributed by atoms with Gasteiger partial charge in [0.15, 0.2) is 0 Å². The van der Waals surface area contributed by atoms with Gasteiger partial charge in [-0.1, -0.05) is 13.8 Å². The van der Waals surface area contributed by atoms with Gasteiger partial charge in [-0.15, -0.1) is 0 Å². The van der Waals surface area contributed by atoms with Crippen LogP contribution in [0, 0.1) is 0 Å². The van der Waals surface area contributed by atoms with E-state index in [9.17, 15) is 0 Å². The van der Waals surface area contributed by atoms with E-state index >= 15 is 0 Å². The number of nitrogens with two attached hydrogens (primary N) is 1. The van der Waals surface area contributed by atoms with E-state index in [4.69, 9.17) is 5.73 Å². The molecule has 1 heterocycles. The lowest BCUT2D eigenvalue weighted by Crippen LogP contribution is -2.15. The number of hydrogen-bond acceptors (Lipinski definition) is 5. The van der Waals surface area contributed by atoms with E-state index in [2.05, 4.69) is 47.8 Å². The largest absolute Gasteiger partial charge is 0.368 e. The van der Waals surface area contributed by atoms with E-state index in [1.165, 1.54) is 0 Å². The molecule has 0 aliphatic rings. The number of nitrogens with zero attached hydrogens (tertiary/aromatic N) is 4. The fourth-order valence-electron chi connectivity index (χ4n) is 1.38. The SMILES string of the molecule is CC(C)c1nc(N)nc(CCCN(C)C)n1. The standard InChI is InChI=1S/C11H21N5/c1-8(2)10-13-9(14-11(12)15-10)6-5-7-16(3)4/h8H,5-7H2,1-4H3,(H2,12,13,14,15). The minimum Gasteiger partial charge on any atom is -0.368 e. The van der Waals surface area contributed by atoms with Crippen LogP contribution in [0.5, 0.6) is 0 Å². The van der Waals surface area contributed by atoms with Crippen LogP contribution in [0.4, 0.5) is 5.95 Å². The van der Waals surface area contributed by atoms with Gasteiger partial charge < -0.3 is 10.6 Å². The Balaban J connectivity index is 2.65. The molecule has 0 aliphatic carbocycles. The molecule has 2 N–H and O–H groups in total. The average Bonchev–Trinajstić information content (AvgIpc) is 2.16. The zero-order valence-electron chi connectivity index (χ0n) is 10.6. The molecule has 5 nitrogen and oxygen atoms in total. The van der Waals surface area contributed by atoms with Crippen LogP contribution in [0.1, 0.15) is 37.8 Å². The molecule has 0 atom stereocenters. The highest BCUT2D eigenvalue weighted by atomic mass is 15.1. The summed E-state index contributed by atoms with van der Waals surface area (Å²) in [4.78, 5) is 14.8. The van der Waals surface area contributed by atoms with Crippen LogP contribution in [-0.2, 0) is 6.42 Å². The van der Waals surface area contributed by atoms with Gasteiger partial charge in [-0.05, 0) is 27.1 Å². The Labute approximate surface area is 97.1 Å². The molecule has 0 spiro atoms. The molecule has 16 heavy (non-hydrogen) atoms. The molecule has 0 saturated heterocycles. The highest BCUT2D eigenvalue weighted by molar-refractivity contribution is 5.17. The van der Waals surface area contributed by atoms with Gasteiger partial charge in [0.1, 0.15) is 11.6 Å². The molecule has 0 amide bonds. The third kappa shape index (κ3) is 4.10. The zero-order valence-corrected chi connectivity index (χ0v) is 10.6. The van der Waals surface area contributed by atoms with Gasteiger partial charge in [0.2, 0.25) is 5.95 Å². The van der Waals surface area contributed by atoms with E-state index in [1.807, 2.05) is 0 Å². The highest BCUT2D eigenvalue weighted by Gasteiger charge is 2.07. The minimum atomic E-state index is 0.290. The van der Waals surface area contributed by atoms with Crippen LogP contribution in [-0.4, -0.2) is 40.5 Å². The van der Waals surface area contributed by atoms with Crippen LogP contribution in [0.3, 0.4) is 0 Å². The maximum atomic E-state index is 5.66. The fourth-order valence-corrected chi connectivity index (χ4v) is 1.38. The number of hydrogen-bond donors (Lipinski definition) is 1. The predicted octanol–water partition coefficient (Wildman–Crippen LogP) is 1.07. The summed E-state index contributed by atoms with van der Waals surface area (Å²) < 4.78 is 0. The van der Waals surface area contributed by atoms with Crippen molar-refractivity contribution in [2.45, 2.75) is 32.6 Å².